The van der Waals surface area contributed by atoms with Crippen LogP contribution in [0.5, 0.6) is 28.7 Å². The first-order valence-electron chi connectivity index (χ1n) is 12.5. The molecule has 9 heteroatoms. The van der Waals surface area contributed by atoms with E-state index < -0.39 is 0 Å². The molecule has 1 heterocycles. The molecule has 37 heavy (non-hydrogen) atoms. The number of likely N-dealkylation sites (N-methyl/N-ethyl adjacent to an activating group) is 1. The van der Waals surface area contributed by atoms with Crippen LogP contribution < -0.4 is 36.1 Å². The number of hydrogen-bond donors (Lipinski definition) is 1. The van der Waals surface area contributed by atoms with Crippen molar-refractivity contribution in [3.8, 4) is 28.7 Å². The van der Waals surface area contributed by atoms with Gasteiger partial charge in [0.15, 0.2) is 23.0 Å². The Morgan fingerprint density at radius 3 is 1.97 bits per heavy atom. The van der Waals surface area contributed by atoms with Gasteiger partial charge in [0.25, 0.3) is 0 Å². The van der Waals surface area contributed by atoms with Gasteiger partial charge in [-0.15, -0.1) is 0 Å². The second-order valence-electron chi connectivity index (χ2n) is 9.38. The van der Waals surface area contributed by atoms with Gasteiger partial charge in [-0.1, -0.05) is 0 Å². The molecule has 0 aliphatic carbocycles. The van der Waals surface area contributed by atoms with Crippen LogP contribution in [-0.4, -0.2) is 85.1 Å². The van der Waals surface area contributed by atoms with E-state index in [0.717, 1.165) is 53.9 Å². The molecule has 0 spiro atoms. The van der Waals surface area contributed by atoms with Crippen LogP contribution in [0.2, 0.25) is 0 Å². The van der Waals surface area contributed by atoms with Crippen LogP contribution in [-0.2, 0) is 17.6 Å². The third-order valence-corrected chi connectivity index (χ3v) is 7.21. The summed E-state index contributed by atoms with van der Waals surface area (Å²) in [5.74, 6) is 3.41. The molecule has 0 saturated carbocycles. The zero-order chi connectivity index (χ0) is 26.1. The molecule has 0 unspecified atom stereocenters. The molecule has 1 aliphatic rings. The Hall–Kier alpha value is -2.39. The number of rotatable bonds is 14. The number of aliphatic hydroxyl groups is 1. The van der Waals surface area contributed by atoms with E-state index in [1.165, 1.54) is 11.1 Å². The van der Waals surface area contributed by atoms with Crippen LogP contribution in [0.3, 0.4) is 0 Å². The lowest BCUT2D eigenvalue weighted by atomic mass is 9.86. The molecule has 0 saturated heterocycles. The van der Waals surface area contributed by atoms with Crippen LogP contribution in [0.15, 0.2) is 24.3 Å². The second-order valence-corrected chi connectivity index (χ2v) is 9.38. The fraction of sp³-hybridized carbons (Fsp3) is 0.571. The minimum Gasteiger partial charge on any atom is -1.00 e. The van der Waals surface area contributed by atoms with Crippen LogP contribution >= 0.6 is 0 Å². The number of aliphatic hydroxyl groups excluding tert-OH is 1. The van der Waals surface area contributed by atoms with Crippen LogP contribution in [0, 0.1) is 0 Å². The maximum Gasteiger partial charge on any atom is 0.203 e. The summed E-state index contributed by atoms with van der Waals surface area (Å²) >= 11 is 0. The van der Waals surface area contributed by atoms with Gasteiger partial charge >= 0.3 is 0 Å². The van der Waals surface area contributed by atoms with E-state index >= 15 is 0 Å². The summed E-state index contributed by atoms with van der Waals surface area (Å²) in [4.78, 5) is 0. The fourth-order valence-electron chi connectivity index (χ4n) is 5.20. The van der Waals surface area contributed by atoms with E-state index in [9.17, 15) is 0 Å². The Labute approximate surface area is 227 Å². The molecule has 0 amide bonds. The summed E-state index contributed by atoms with van der Waals surface area (Å²) in [5.41, 5.74) is 3.68. The smallest absolute Gasteiger partial charge is 0.203 e. The molecule has 0 bridgehead atoms. The highest BCUT2D eigenvalue weighted by atomic mass is 35.5. The second kappa shape index (κ2) is 14.5. The number of quaternary nitrogens is 1. The number of methoxy groups -OCH3 is 5. The summed E-state index contributed by atoms with van der Waals surface area (Å²) < 4.78 is 34.7. The first-order valence-corrected chi connectivity index (χ1v) is 12.5. The number of nitrogens with zero attached hydrogens (tertiary/aromatic N) is 1. The summed E-state index contributed by atoms with van der Waals surface area (Å²) in [6.07, 6.45) is 3.37. The molecular formula is C28H42ClNO7. The van der Waals surface area contributed by atoms with E-state index in [-0.39, 0.29) is 25.1 Å². The molecule has 2 aromatic rings. The third kappa shape index (κ3) is 7.13. The first kappa shape index (κ1) is 30.8. The normalized spacial score (nSPS) is 18.4. The molecule has 2 atom stereocenters. The van der Waals surface area contributed by atoms with Gasteiger partial charge in [0, 0.05) is 38.0 Å². The Morgan fingerprint density at radius 2 is 1.41 bits per heavy atom. The molecule has 3 rings (SSSR count). The average molecular weight is 540 g/mol. The van der Waals surface area contributed by atoms with Crippen molar-refractivity contribution in [3.63, 3.8) is 0 Å². The van der Waals surface area contributed by atoms with E-state index in [1.807, 2.05) is 12.1 Å². The lowest BCUT2D eigenvalue weighted by molar-refractivity contribution is -0.941. The van der Waals surface area contributed by atoms with Crippen molar-refractivity contribution in [2.45, 2.75) is 31.7 Å². The van der Waals surface area contributed by atoms with Crippen LogP contribution in [0.4, 0.5) is 0 Å². The van der Waals surface area contributed by atoms with Gasteiger partial charge in [-0.25, -0.2) is 0 Å². The molecule has 0 aromatic heterocycles. The van der Waals surface area contributed by atoms with Crippen LogP contribution in [0.1, 0.15) is 35.6 Å². The number of hydrogen-bond acceptors (Lipinski definition) is 7. The molecule has 2 aromatic carbocycles. The maximum atomic E-state index is 9.00. The topological polar surface area (TPSA) is 75.6 Å². The maximum absolute atomic E-state index is 9.00. The summed E-state index contributed by atoms with van der Waals surface area (Å²) in [5, 5.41) is 9.00. The minimum absolute atomic E-state index is 0. The summed E-state index contributed by atoms with van der Waals surface area (Å²) in [6.45, 7) is 3.42. The van der Waals surface area contributed by atoms with Crippen molar-refractivity contribution in [2.24, 2.45) is 0 Å². The number of fused-ring (bicyclic) bond motifs is 1. The molecule has 1 aliphatic heterocycles. The SMILES string of the molecule is COc1cc2c(cc1OC)[C@@H](Cc1cc(OC)c(OC)c(OC)c1)[N@+](C)(CCCOCCCO)CC2.[Cl-]. The molecular weight excluding hydrogens is 498 g/mol. The van der Waals surface area contributed by atoms with Gasteiger partial charge in [-0.05, 0) is 41.8 Å². The average Bonchev–Trinajstić information content (AvgIpc) is 2.90. The highest BCUT2D eigenvalue weighted by molar-refractivity contribution is 5.54. The number of ether oxygens (including phenoxy) is 6. The standard InChI is InChI=1S/C28H42NO7.ClH/c1-29(10-7-13-36-14-8-12-30)11-9-21-18-24(31-2)25(32-3)19-22(21)23(29)15-20-16-26(33-4)28(35-6)27(17-20)34-5;/h16-19,23,30H,7-15H2,1-6H3;1H/q+1;/p-1/t23-,29-;/m1./s1. The molecule has 1 N–H and O–H groups in total. The summed E-state index contributed by atoms with van der Waals surface area (Å²) in [6, 6.07) is 8.54. The van der Waals surface area contributed by atoms with Gasteiger partial charge in [0.05, 0.1) is 62.3 Å². The molecule has 0 radical (unpaired) electrons. The third-order valence-electron chi connectivity index (χ3n) is 7.21. The van der Waals surface area contributed by atoms with Gasteiger partial charge in [0.1, 0.15) is 6.04 Å². The van der Waals surface area contributed by atoms with E-state index in [2.05, 4.69) is 19.2 Å². The monoisotopic (exact) mass is 539 g/mol. The van der Waals surface area contributed by atoms with E-state index in [4.69, 9.17) is 33.5 Å². The van der Waals surface area contributed by atoms with Crippen LogP contribution in [0.25, 0.3) is 0 Å². The predicted molar refractivity (Wildman–Crippen MR) is 139 cm³/mol. The highest BCUT2D eigenvalue weighted by Crippen LogP contribution is 2.44. The minimum atomic E-state index is 0. The quantitative estimate of drug-likeness (QED) is 0.281. The predicted octanol–water partition coefficient (Wildman–Crippen LogP) is 0.809. The van der Waals surface area contributed by atoms with Gasteiger partial charge in [0.2, 0.25) is 5.75 Å². The Bertz CT molecular complexity index is 978. The Balaban J connectivity index is 0.00000481. The highest BCUT2D eigenvalue weighted by Gasteiger charge is 2.40. The van der Waals surface area contributed by atoms with E-state index in [0.29, 0.717) is 36.9 Å². The number of benzene rings is 2. The van der Waals surface area contributed by atoms with Crippen molar-refractivity contribution < 1.29 is 50.4 Å². The van der Waals surface area contributed by atoms with Gasteiger partial charge in [-0.3, -0.25) is 0 Å². The molecule has 208 valence electrons. The van der Waals surface area contributed by atoms with Crippen molar-refractivity contribution in [3.05, 3.63) is 41.0 Å². The zero-order valence-corrected chi connectivity index (χ0v) is 23.7. The number of halogens is 1. The largest absolute Gasteiger partial charge is 1.00 e. The van der Waals surface area contributed by atoms with Gasteiger partial charge in [-0.2, -0.15) is 0 Å². The fourth-order valence-corrected chi connectivity index (χ4v) is 5.20. The lowest BCUT2D eigenvalue weighted by Crippen LogP contribution is -3.00. The van der Waals surface area contributed by atoms with Gasteiger partial charge < -0.3 is 50.4 Å². The zero-order valence-electron chi connectivity index (χ0n) is 23.0. The Kier molecular flexibility index (Phi) is 12.1. The molecule has 8 nitrogen and oxygen atoms in total. The lowest BCUT2D eigenvalue weighted by Gasteiger charge is -2.46. The van der Waals surface area contributed by atoms with Crippen molar-refractivity contribution in [1.29, 1.82) is 0 Å². The first-order chi connectivity index (χ1) is 17.4. The van der Waals surface area contributed by atoms with Crippen molar-refractivity contribution in [2.75, 3.05) is 75.5 Å². The Morgan fingerprint density at radius 1 is 0.811 bits per heavy atom. The van der Waals surface area contributed by atoms with Crippen molar-refractivity contribution in [1.82, 2.24) is 0 Å². The van der Waals surface area contributed by atoms with Crippen molar-refractivity contribution >= 4 is 0 Å². The van der Waals surface area contributed by atoms with E-state index in [1.54, 1.807) is 35.5 Å². The molecule has 0 fully saturated rings. The summed E-state index contributed by atoms with van der Waals surface area (Å²) in [7, 11) is 10.6.